The molecule has 2 aromatic carbocycles. The molecule has 2 heterocycles. The summed E-state index contributed by atoms with van der Waals surface area (Å²) in [5.74, 6) is 1.37. The van der Waals surface area contributed by atoms with E-state index in [-0.39, 0.29) is 0 Å². The van der Waals surface area contributed by atoms with Crippen LogP contribution in [0.15, 0.2) is 42.5 Å². The van der Waals surface area contributed by atoms with Gasteiger partial charge in [0.15, 0.2) is 0 Å². The summed E-state index contributed by atoms with van der Waals surface area (Å²) >= 11 is 12.3. The molecule has 1 aromatic heterocycles. The first kappa shape index (κ1) is 19.2. The summed E-state index contributed by atoms with van der Waals surface area (Å²) in [6.07, 6.45) is 2.31. The third-order valence-corrected chi connectivity index (χ3v) is 5.45. The molecule has 5 nitrogen and oxygen atoms in total. The molecule has 0 amide bonds. The van der Waals surface area contributed by atoms with Gasteiger partial charge in [0.2, 0.25) is 5.95 Å². The molecule has 1 aliphatic rings. The summed E-state index contributed by atoms with van der Waals surface area (Å²) in [5, 5.41) is 8.99. The number of hydrogen-bond acceptors (Lipinski definition) is 5. The second kappa shape index (κ2) is 8.52. The Kier molecular flexibility index (Phi) is 5.85. The van der Waals surface area contributed by atoms with Crippen molar-refractivity contribution in [3.63, 3.8) is 0 Å². The van der Waals surface area contributed by atoms with Gasteiger partial charge in [0, 0.05) is 33.7 Å². The number of likely N-dealkylation sites (N-methyl/N-ethyl adjacent to an activating group) is 1. The van der Waals surface area contributed by atoms with Gasteiger partial charge in [-0.3, -0.25) is 0 Å². The molecular weight excluding hydrogens is 393 g/mol. The lowest BCUT2D eigenvalue weighted by Crippen LogP contribution is -2.42. The Hall–Kier alpha value is -2.08. The van der Waals surface area contributed by atoms with E-state index >= 15 is 0 Å². The SMILES string of the molecule is CCN1CCCC(Nc2nc(Nc3cc(Cl)cc(Cl)c3)c3ccccc3n2)C1. The molecule has 0 saturated carbocycles. The van der Waals surface area contributed by atoms with Crippen LogP contribution in [-0.4, -0.2) is 40.5 Å². The van der Waals surface area contributed by atoms with Crippen LogP contribution in [0.4, 0.5) is 17.5 Å². The molecule has 7 heteroatoms. The highest BCUT2D eigenvalue weighted by Crippen LogP contribution is 2.29. The lowest BCUT2D eigenvalue weighted by Gasteiger charge is -2.32. The topological polar surface area (TPSA) is 53.1 Å². The molecule has 2 N–H and O–H groups in total. The van der Waals surface area contributed by atoms with Gasteiger partial charge in [-0.15, -0.1) is 0 Å². The fraction of sp³-hybridized carbons (Fsp3) is 0.333. The van der Waals surface area contributed by atoms with E-state index in [0.717, 1.165) is 48.5 Å². The van der Waals surface area contributed by atoms with Crippen molar-refractivity contribution in [1.29, 1.82) is 0 Å². The number of halogens is 2. The van der Waals surface area contributed by atoms with Crippen molar-refractivity contribution < 1.29 is 0 Å². The lowest BCUT2D eigenvalue weighted by molar-refractivity contribution is 0.226. The van der Waals surface area contributed by atoms with Crippen LogP contribution in [0.25, 0.3) is 10.9 Å². The van der Waals surface area contributed by atoms with Crippen LogP contribution in [0.2, 0.25) is 10.0 Å². The Labute approximate surface area is 175 Å². The molecule has 146 valence electrons. The van der Waals surface area contributed by atoms with E-state index in [4.69, 9.17) is 33.2 Å². The molecule has 0 spiro atoms. The van der Waals surface area contributed by atoms with Gasteiger partial charge in [0.05, 0.1) is 5.52 Å². The summed E-state index contributed by atoms with van der Waals surface area (Å²) < 4.78 is 0. The molecule has 0 radical (unpaired) electrons. The number of benzene rings is 2. The maximum Gasteiger partial charge on any atom is 0.225 e. The molecule has 28 heavy (non-hydrogen) atoms. The smallest absolute Gasteiger partial charge is 0.225 e. The number of aromatic nitrogens is 2. The Morgan fingerprint density at radius 3 is 2.68 bits per heavy atom. The molecule has 0 aliphatic carbocycles. The van der Waals surface area contributed by atoms with Gasteiger partial charge in [-0.05, 0) is 56.3 Å². The van der Waals surface area contributed by atoms with E-state index < -0.39 is 0 Å². The van der Waals surface area contributed by atoms with Crippen molar-refractivity contribution in [2.24, 2.45) is 0 Å². The van der Waals surface area contributed by atoms with Crippen LogP contribution in [-0.2, 0) is 0 Å². The molecule has 4 rings (SSSR count). The van der Waals surface area contributed by atoms with Crippen LogP contribution < -0.4 is 10.6 Å². The maximum absolute atomic E-state index is 6.15. The summed E-state index contributed by atoms with van der Waals surface area (Å²) in [6, 6.07) is 13.7. The zero-order chi connectivity index (χ0) is 19.5. The maximum atomic E-state index is 6.15. The number of para-hydroxylation sites is 1. The average molecular weight is 416 g/mol. The minimum atomic E-state index is 0.350. The molecule has 1 aliphatic heterocycles. The highest BCUT2D eigenvalue weighted by Gasteiger charge is 2.20. The van der Waals surface area contributed by atoms with Gasteiger partial charge in [-0.1, -0.05) is 42.3 Å². The fourth-order valence-corrected chi connectivity index (χ4v) is 4.17. The van der Waals surface area contributed by atoms with Crippen LogP contribution in [0.5, 0.6) is 0 Å². The first-order valence-electron chi connectivity index (χ1n) is 9.59. The number of hydrogen-bond donors (Lipinski definition) is 2. The predicted molar refractivity (Wildman–Crippen MR) is 118 cm³/mol. The van der Waals surface area contributed by atoms with Crippen molar-refractivity contribution in [3.8, 4) is 0 Å². The summed E-state index contributed by atoms with van der Waals surface area (Å²) in [6.45, 7) is 5.45. The number of fused-ring (bicyclic) bond motifs is 1. The summed E-state index contributed by atoms with van der Waals surface area (Å²) in [4.78, 5) is 11.9. The van der Waals surface area contributed by atoms with Crippen LogP contribution >= 0.6 is 23.2 Å². The molecule has 1 atom stereocenters. The van der Waals surface area contributed by atoms with Crippen LogP contribution in [0.3, 0.4) is 0 Å². The highest BCUT2D eigenvalue weighted by atomic mass is 35.5. The van der Waals surface area contributed by atoms with Crippen molar-refractivity contribution in [2.75, 3.05) is 30.3 Å². The lowest BCUT2D eigenvalue weighted by atomic mass is 10.1. The Morgan fingerprint density at radius 1 is 1.11 bits per heavy atom. The molecular formula is C21H23Cl2N5. The van der Waals surface area contributed by atoms with E-state index in [0.29, 0.717) is 22.0 Å². The summed E-state index contributed by atoms with van der Waals surface area (Å²) in [5.41, 5.74) is 1.68. The largest absolute Gasteiger partial charge is 0.350 e. The van der Waals surface area contributed by atoms with Gasteiger partial charge < -0.3 is 15.5 Å². The number of nitrogens with zero attached hydrogens (tertiary/aromatic N) is 3. The fourth-order valence-electron chi connectivity index (χ4n) is 3.64. The standard InChI is InChI=1S/C21H23Cl2N5/c1-2-28-9-5-6-16(13-28)25-21-26-19-8-4-3-7-18(19)20(27-21)24-17-11-14(22)10-15(23)12-17/h3-4,7-8,10-12,16H,2,5-6,9,13H2,1H3,(H2,24,25,26,27). The van der Waals surface area contributed by atoms with E-state index in [2.05, 4.69) is 22.5 Å². The van der Waals surface area contributed by atoms with Gasteiger partial charge in [-0.25, -0.2) is 4.98 Å². The van der Waals surface area contributed by atoms with Gasteiger partial charge in [-0.2, -0.15) is 4.98 Å². The number of nitrogens with one attached hydrogen (secondary N) is 2. The predicted octanol–water partition coefficient (Wildman–Crippen LogP) is 5.58. The monoisotopic (exact) mass is 415 g/mol. The van der Waals surface area contributed by atoms with Crippen LogP contribution in [0, 0.1) is 0 Å². The van der Waals surface area contributed by atoms with E-state index in [9.17, 15) is 0 Å². The Balaban J connectivity index is 1.65. The number of likely N-dealkylation sites (tertiary alicyclic amines) is 1. The molecule has 1 fully saturated rings. The minimum absolute atomic E-state index is 0.350. The zero-order valence-corrected chi connectivity index (χ0v) is 17.3. The Morgan fingerprint density at radius 2 is 1.89 bits per heavy atom. The first-order valence-corrected chi connectivity index (χ1v) is 10.3. The quantitative estimate of drug-likeness (QED) is 0.569. The number of piperidine rings is 1. The highest BCUT2D eigenvalue weighted by molar-refractivity contribution is 6.35. The van der Waals surface area contributed by atoms with Crippen molar-refractivity contribution in [1.82, 2.24) is 14.9 Å². The van der Waals surface area contributed by atoms with Crippen molar-refractivity contribution >= 4 is 51.6 Å². The van der Waals surface area contributed by atoms with Crippen LogP contribution in [0.1, 0.15) is 19.8 Å². The average Bonchev–Trinajstić information content (AvgIpc) is 2.67. The zero-order valence-electron chi connectivity index (χ0n) is 15.8. The third kappa shape index (κ3) is 4.49. The molecule has 1 saturated heterocycles. The second-order valence-electron chi connectivity index (χ2n) is 7.07. The van der Waals surface area contributed by atoms with Gasteiger partial charge >= 0.3 is 0 Å². The van der Waals surface area contributed by atoms with Crippen molar-refractivity contribution in [3.05, 3.63) is 52.5 Å². The first-order chi connectivity index (χ1) is 13.6. The minimum Gasteiger partial charge on any atom is -0.350 e. The number of anilines is 3. The molecule has 0 bridgehead atoms. The third-order valence-electron chi connectivity index (χ3n) is 5.01. The second-order valence-corrected chi connectivity index (χ2v) is 7.95. The Bertz CT molecular complexity index is 958. The molecule has 1 unspecified atom stereocenters. The van der Waals surface area contributed by atoms with Gasteiger partial charge in [0.25, 0.3) is 0 Å². The molecule has 3 aromatic rings. The van der Waals surface area contributed by atoms with Gasteiger partial charge in [0.1, 0.15) is 5.82 Å². The van der Waals surface area contributed by atoms with E-state index in [1.54, 1.807) is 6.07 Å². The van der Waals surface area contributed by atoms with E-state index in [1.807, 2.05) is 36.4 Å². The summed E-state index contributed by atoms with van der Waals surface area (Å²) in [7, 11) is 0. The van der Waals surface area contributed by atoms with Crippen molar-refractivity contribution in [2.45, 2.75) is 25.8 Å². The normalized spacial score (nSPS) is 17.6. The van der Waals surface area contributed by atoms with E-state index in [1.165, 1.54) is 6.42 Å². The number of rotatable bonds is 5.